The lowest BCUT2D eigenvalue weighted by Crippen LogP contribution is -2.55. The second-order valence-electron chi connectivity index (χ2n) is 10.9. The number of hydrogen-bond donors (Lipinski definition) is 0. The molecule has 4 aliphatic carbocycles. The number of carbonyl (C=O) groups is 1. The molecule has 1 aromatic carbocycles. The second-order valence-corrected chi connectivity index (χ2v) is 10.9. The van der Waals surface area contributed by atoms with Crippen LogP contribution in [0.5, 0.6) is 0 Å². The van der Waals surface area contributed by atoms with Crippen LogP contribution in [0.25, 0.3) is 0 Å². The largest absolute Gasteiger partial charge is 0.299 e. The van der Waals surface area contributed by atoms with Gasteiger partial charge in [-0.3, -0.25) is 9.69 Å². The van der Waals surface area contributed by atoms with Gasteiger partial charge in [-0.25, -0.2) is 0 Å². The summed E-state index contributed by atoms with van der Waals surface area (Å²) < 4.78 is 0. The molecular formula is C26H35NO. The van der Waals surface area contributed by atoms with Crippen molar-refractivity contribution < 1.29 is 4.79 Å². The second kappa shape index (κ2) is 6.97. The Balaban J connectivity index is 1.18. The van der Waals surface area contributed by atoms with Crippen molar-refractivity contribution in [2.24, 2.45) is 35.5 Å². The first-order valence-electron chi connectivity index (χ1n) is 12.1. The van der Waals surface area contributed by atoms with Crippen LogP contribution < -0.4 is 0 Å². The van der Waals surface area contributed by atoms with Crippen molar-refractivity contribution in [2.45, 2.75) is 82.8 Å². The van der Waals surface area contributed by atoms with E-state index >= 15 is 0 Å². The Morgan fingerprint density at radius 2 is 1.43 bits per heavy atom. The van der Waals surface area contributed by atoms with E-state index in [1.165, 1.54) is 56.9 Å². The van der Waals surface area contributed by atoms with Crippen molar-refractivity contribution >= 4 is 5.78 Å². The van der Waals surface area contributed by atoms with E-state index in [0.29, 0.717) is 29.7 Å². The zero-order valence-corrected chi connectivity index (χ0v) is 17.1. The maximum atomic E-state index is 13.8. The van der Waals surface area contributed by atoms with E-state index in [2.05, 4.69) is 35.2 Å². The van der Waals surface area contributed by atoms with Crippen molar-refractivity contribution in [1.29, 1.82) is 0 Å². The van der Waals surface area contributed by atoms with Crippen LogP contribution in [0.15, 0.2) is 30.3 Å². The molecular weight excluding hydrogens is 342 g/mol. The van der Waals surface area contributed by atoms with Crippen LogP contribution >= 0.6 is 0 Å². The van der Waals surface area contributed by atoms with Gasteiger partial charge >= 0.3 is 0 Å². The number of ketones is 1. The van der Waals surface area contributed by atoms with E-state index in [0.717, 1.165) is 43.1 Å². The monoisotopic (exact) mass is 377 g/mol. The topological polar surface area (TPSA) is 20.3 Å². The van der Waals surface area contributed by atoms with Crippen LogP contribution in [0.1, 0.15) is 69.8 Å². The third-order valence-electron chi connectivity index (χ3n) is 9.29. The molecule has 2 atom stereocenters. The van der Waals surface area contributed by atoms with Crippen molar-refractivity contribution in [3.63, 3.8) is 0 Å². The molecule has 2 heterocycles. The maximum absolute atomic E-state index is 13.8. The van der Waals surface area contributed by atoms with Gasteiger partial charge in [0, 0.05) is 30.5 Å². The van der Waals surface area contributed by atoms with E-state index < -0.39 is 0 Å². The summed E-state index contributed by atoms with van der Waals surface area (Å²) in [7, 11) is 0. The average molecular weight is 378 g/mol. The van der Waals surface area contributed by atoms with Crippen LogP contribution in [-0.2, 0) is 11.3 Å². The maximum Gasteiger partial charge on any atom is 0.139 e. The van der Waals surface area contributed by atoms with E-state index in [1.807, 2.05) is 0 Å². The predicted octanol–water partition coefficient (Wildman–Crippen LogP) is 5.46. The van der Waals surface area contributed by atoms with Gasteiger partial charge < -0.3 is 0 Å². The molecule has 0 spiro atoms. The summed E-state index contributed by atoms with van der Waals surface area (Å²) in [6.07, 6.45) is 13.2. The minimum Gasteiger partial charge on any atom is -0.299 e. The summed E-state index contributed by atoms with van der Waals surface area (Å²) in [6.45, 7) is 1.08. The normalized spacial score (nSPS) is 44.6. The number of Topliss-reactive ketones (excluding diaryl/α,β-unsaturated/α-hetero) is 1. The number of hydrogen-bond acceptors (Lipinski definition) is 2. The third kappa shape index (κ3) is 2.98. The van der Waals surface area contributed by atoms with Crippen LogP contribution in [0.2, 0.25) is 0 Å². The Morgan fingerprint density at radius 1 is 0.821 bits per heavy atom. The molecule has 6 bridgehead atoms. The molecule has 150 valence electrons. The van der Waals surface area contributed by atoms with E-state index in [-0.39, 0.29) is 0 Å². The quantitative estimate of drug-likeness (QED) is 0.694. The van der Waals surface area contributed by atoms with Crippen molar-refractivity contribution in [2.75, 3.05) is 0 Å². The highest BCUT2D eigenvalue weighted by atomic mass is 16.1. The van der Waals surface area contributed by atoms with Gasteiger partial charge in [0.25, 0.3) is 0 Å². The summed E-state index contributed by atoms with van der Waals surface area (Å²) in [5, 5.41) is 0. The molecule has 0 aromatic heterocycles. The fourth-order valence-corrected chi connectivity index (χ4v) is 8.43. The Hall–Kier alpha value is -1.15. The average Bonchev–Trinajstić information content (AvgIpc) is 2.67. The van der Waals surface area contributed by atoms with Gasteiger partial charge in [0.1, 0.15) is 5.78 Å². The van der Waals surface area contributed by atoms with E-state index in [1.54, 1.807) is 0 Å². The molecule has 2 unspecified atom stereocenters. The van der Waals surface area contributed by atoms with Gasteiger partial charge in [0.05, 0.1) is 0 Å². The third-order valence-corrected chi connectivity index (χ3v) is 9.29. The number of carbonyl (C=O) groups excluding carboxylic acids is 1. The van der Waals surface area contributed by atoms with E-state index in [4.69, 9.17) is 0 Å². The van der Waals surface area contributed by atoms with Gasteiger partial charge in [-0.05, 0) is 87.0 Å². The highest BCUT2D eigenvalue weighted by Gasteiger charge is 2.52. The van der Waals surface area contributed by atoms with Crippen LogP contribution in [0, 0.1) is 35.5 Å². The molecule has 4 saturated carbocycles. The first-order valence-corrected chi connectivity index (χ1v) is 12.1. The summed E-state index contributed by atoms with van der Waals surface area (Å²) in [5.74, 6) is 4.98. The summed E-state index contributed by atoms with van der Waals surface area (Å²) in [6, 6.07) is 12.2. The highest BCUT2D eigenvalue weighted by Crippen LogP contribution is 2.57. The van der Waals surface area contributed by atoms with Crippen LogP contribution in [0.4, 0.5) is 0 Å². The fraction of sp³-hybridized carbons (Fsp3) is 0.731. The fourth-order valence-electron chi connectivity index (χ4n) is 8.43. The van der Waals surface area contributed by atoms with Gasteiger partial charge in [-0.15, -0.1) is 0 Å². The molecule has 28 heavy (non-hydrogen) atoms. The standard InChI is InChI=1S/C26H35NO/c28-26(25-20-10-18-9-19(12-20)13-21(25)11-18)22-14-23-7-4-8-24(15-22)27(23)16-17-5-2-1-3-6-17/h1-3,5-6,18-25H,4,7-16H2. The number of nitrogens with zero attached hydrogens (tertiary/aromatic N) is 1. The number of fused-ring (bicyclic) bond motifs is 2. The molecule has 2 saturated heterocycles. The zero-order chi connectivity index (χ0) is 18.7. The molecule has 6 fully saturated rings. The molecule has 7 rings (SSSR count). The van der Waals surface area contributed by atoms with Crippen molar-refractivity contribution in [1.82, 2.24) is 4.90 Å². The van der Waals surface area contributed by atoms with Gasteiger partial charge in [-0.2, -0.15) is 0 Å². The summed E-state index contributed by atoms with van der Waals surface area (Å²) in [5.41, 5.74) is 1.44. The SMILES string of the molecule is O=C(C1CC2CCCC(C1)N2Cc1ccccc1)C1C2CC3CC(C2)CC1C3. The molecule has 2 nitrogen and oxygen atoms in total. The molecule has 1 aromatic rings. The van der Waals surface area contributed by atoms with Crippen LogP contribution in [0.3, 0.4) is 0 Å². The number of piperidine rings is 2. The minimum atomic E-state index is 0.366. The van der Waals surface area contributed by atoms with Gasteiger partial charge in [-0.1, -0.05) is 36.8 Å². The van der Waals surface area contributed by atoms with Crippen molar-refractivity contribution in [3.05, 3.63) is 35.9 Å². The number of benzene rings is 1. The first kappa shape index (κ1) is 17.7. The lowest BCUT2D eigenvalue weighted by atomic mass is 9.50. The Labute approximate surface area is 170 Å². The number of rotatable bonds is 4. The first-order chi connectivity index (χ1) is 13.7. The molecule has 0 amide bonds. The minimum absolute atomic E-state index is 0.366. The van der Waals surface area contributed by atoms with Crippen molar-refractivity contribution in [3.8, 4) is 0 Å². The lowest BCUT2D eigenvalue weighted by molar-refractivity contribution is -0.144. The summed E-state index contributed by atoms with van der Waals surface area (Å²) in [4.78, 5) is 16.5. The Bertz CT molecular complexity index is 685. The smallest absolute Gasteiger partial charge is 0.139 e. The predicted molar refractivity (Wildman–Crippen MR) is 112 cm³/mol. The van der Waals surface area contributed by atoms with E-state index in [9.17, 15) is 4.79 Å². The summed E-state index contributed by atoms with van der Waals surface area (Å²) >= 11 is 0. The van der Waals surface area contributed by atoms with Crippen LogP contribution in [-0.4, -0.2) is 22.8 Å². The molecule has 0 radical (unpaired) electrons. The molecule has 2 aliphatic heterocycles. The zero-order valence-electron chi connectivity index (χ0n) is 17.1. The Morgan fingerprint density at radius 3 is 2.04 bits per heavy atom. The highest BCUT2D eigenvalue weighted by molar-refractivity contribution is 5.84. The molecule has 6 aliphatic rings. The van der Waals surface area contributed by atoms with Gasteiger partial charge in [0.15, 0.2) is 0 Å². The Kier molecular flexibility index (Phi) is 4.40. The lowest BCUT2D eigenvalue weighted by Gasteiger charge is -2.55. The van der Waals surface area contributed by atoms with Gasteiger partial charge in [0.2, 0.25) is 0 Å². The molecule has 0 N–H and O–H groups in total. The molecule has 2 heteroatoms.